The van der Waals surface area contributed by atoms with Crippen LogP contribution in [-0.2, 0) is 4.74 Å². The first-order valence-electron chi connectivity index (χ1n) is 9.54. The van der Waals surface area contributed by atoms with Crippen molar-refractivity contribution >= 4 is 29.1 Å². The number of rotatable bonds is 4. The van der Waals surface area contributed by atoms with Gasteiger partial charge in [0.15, 0.2) is 0 Å². The van der Waals surface area contributed by atoms with Crippen molar-refractivity contribution in [3.05, 3.63) is 28.8 Å². The van der Waals surface area contributed by atoms with Gasteiger partial charge in [0.25, 0.3) is 0 Å². The predicted octanol–water partition coefficient (Wildman–Crippen LogP) is 3.65. The Morgan fingerprint density at radius 1 is 1.16 bits per heavy atom. The minimum absolute atomic E-state index is 0.475. The molecule has 4 rings (SSSR count). The van der Waals surface area contributed by atoms with Crippen LogP contribution in [0.25, 0.3) is 6.08 Å². The lowest BCUT2D eigenvalue weighted by Crippen LogP contribution is -2.42. The number of nitrogens with two attached hydrogens (primary N) is 1. The number of nitrogens with zero attached hydrogens (tertiary/aromatic N) is 2. The van der Waals surface area contributed by atoms with E-state index >= 15 is 0 Å². The Labute approximate surface area is 155 Å². The van der Waals surface area contributed by atoms with E-state index in [0.717, 1.165) is 37.7 Å². The van der Waals surface area contributed by atoms with Crippen LogP contribution in [0.15, 0.2) is 18.2 Å². The van der Waals surface area contributed by atoms with E-state index in [1.807, 2.05) is 6.07 Å². The summed E-state index contributed by atoms with van der Waals surface area (Å²) in [5, 5.41) is 0.646. The average molecular weight is 362 g/mol. The molecule has 2 N–H and O–H groups in total. The van der Waals surface area contributed by atoms with Gasteiger partial charge in [-0.05, 0) is 56.8 Å². The lowest BCUT2D eigenvalue weighted by Gasteiger charge is -2.37. The van der Waals surface area contributed by atoms with E-state index < -0.39 is 0 Å². The van der Waals surface area contributed by atoms with Crippen LogP contribution in [0.4, 0.5) is 11.4 Å². The maximum atomic E-state index is 6.18. The maximum Gasteiger partial charge on any atom is 0.0702 e. The fourth-order valence-electron chi connectivity index (χ4n) is 4.36. The van der Waals surface area contributed by atoms with Gasteiger partial charge in [0.1, 0.15) is 0 Å². The smallest absolute Gasteiger partial charge is 0.0702 e. The summed E-state index contributed by atoms with van der Waals surface area (Å²) in [5.74, 6) is 0.747. The van der Waals surface area contributed by atoms with Gasteiger partial charge < -0.3 is 20.3 Å². The molecule has 3 heterocycles. The first kappa shape index (κ1) is 17.2. The van der Waals surface area contributed by atoms with Gasteiger partial charge in [0.05, 0.1) is 16.8 Å². The molecule has 0 saturated carbocycles. The quantitative estimate of drug-likeness (QED) is 0.831. The zero-order chi connectivity index (χ0) is 17.2. The summed E-state index contributed by atoms with van der Waals surface area (Å²) in [4.78, 5) is 5.05. The Morgan fingerprint density at radius 3 is 2.76 bits per heavy atom. The molecular weight excluding hydrogens is 334 g/mol. The number of nitrogen functional groups attached to an aromatic ring is 1. The lowest BCUT2D eigenvalue weighted by atomic mass is 9.94. The molecule has 0 radical (unpaired) electrons. The average Bonchev–Trinajstić information content (AvgIpc) is 3.13. The summed E-state index contributed by atoms with van der Waals surface area (Å²) in [6.07, 6.45) is 9.79. The molecule has 3 aliphatic heterocycles. The molecule has 2 fully saturated rings. The molecule has 0 aliphatic carbocycles. The second-order valence-electron chi connectivity index (χ2n) is 7.58. The van der Waals surface area contributed by atoms with Crippen LogP contribution in [0.1, 0.15) is 31.2 Å². The molecule has 25 heavy (non-hydrogen) atoms. The minimum Gasteiger partial charge on any atom is -0.397 e. The van der Waals surface area contributed by atoms with Crippen molar-refractivity contribution in [2.24, 2.45) is 5.92 Å². The summed E-state index contributed by atoms with van der Waals surface area (Å²) in [5.41, 5.74) is 9.17. The Bertz CT molecular complexity index is 634. The Balaban J connectivity index is 1.33. The van der Waals surface area contributed by atoms with Gasteiger partial charge in [0, 0.05) is 37.5 Å². The number of anilines is 2. The first-order chi connectivity index (χ1) is 12.2. The highest BCUT2D eigenvalue weighted by Gasteiger charge is 2.26. The standard InChI is InChI=1S/C20H28ClN3O/c21-18-5-6-19-17(20(18)22)4-1-9-24(19)13-15-7-10-23(11-8-15)14-16-3-2-12-25-16/h1,4-6,15-16H,2-3,7-14,22H2. The number of benzene rings is 1. The molecule has 0 amide bonds. The second kappa shape index (κ2) is 7.56. The third kappa shape index (κ3) is 3.81. The van der Waals surface area contributed by atoms with E-state index in [1.165, 1.54) is 44.5 Å². The lowest BCUT2D eigenvalue weighted by molar-refractivity contribution is 0.0603. The summed E-state index contributed by atoms with van der Waals surface area (Å²) >= 11 is 6.18. The van der Waals surface area contributed by atoms with Crippen LogP contribution < -0.4 is 10.6 Å². The van der Waals surface area contributed by atoms with Crippen molar-refractivity contribution in [1.29, 1.82) is 0 Å². The summed E-state index contributed by atoms with van der Waals surface area (Å²) < 4.78 is 5.78. The van der Waals surface area contributed by atoms with Gasteiger partial charge in [-0.15, -0.1) is 0 Å². The monoisotopic (exact) mass is 361 g/mol. The van der Waals surface area contributed by atoms with Gasteiger partial charge in [-0.1, -0.05) is 23.8 Å². The third-order valence-electron chi connectivity index (χ3n) is 5.83. The van der Waals surface area contributed by atoms with Crippen LogP contribution in [0.2, 0.25) is 5.02 Å². The van der Waals surface area contributed by atoms with E-state index in [4.69, 9.17) is 22.1 Å². The molecule has 5 heteroatoms. The van der Waals surface area contributed by atoms with Gasteiger partial charge in [-0.3, -0.25) is 0 Å². The second-order valence-corrected chi connectivity index (χ2v) is 7.99. The number of ether oxygens (including phenoxy) is 1. The number of likely N-dealkylation sites (tertiary alicyclic amines) is 1. The summed E-state index contributed by atoms with van der Waals surface area (Å²) in [6, 6.07) is 4.04. The van der Waals surface area contributed by atoms with E-state index in [1.54, 1.807) is 0 Å². The minimum atomic E-state index is 0.475. The van der Waals surface area contributed by atoms with E-state index in [2.05, 4.69) is 28.0 Å². The number of fused-ring (bicyclic) bond motifs is 1. The van der Waals surface area contributed by atoms with Crippen molar-refractivity contribution in [2.45, 2.75) is 31.8 Å². The van der Waals surface area contributed by atoms with Gasteiger partial charge in [-0.25, -0.2) is 0 Å². The molecule has 2 saturated heterocycles. The predicted molar refractivity (Wildman–Crippen MR) is 105 cm³/mol. The SMILES string of the molecule is Nc1c(Cl)ccc2c1C=CCN2CC1CCN(CC2CCCO2)CC1. The molecule has 0 bridgehead atoms. The van der Waals surface area contributed by atoms with Crippen LogP contribution in [0, 0.1) is 5.92 Å². The molecule has 1 aromatic rings. The highest BCUT2D eigenvalue weighted by molar-refractivity contribution is 6.33. The molecule has 1 unspecified atom stereocenters. The first-order valence-corrected chi connectivity index (χ1v) is 9.92. The summed E-state index contributed by atoms with van der Waals surface area (Å²) in [6.45, 7) is 6.54. The van der Waals surface area contributed by atoms with Crippen LogP contribution >= 0.6 is 11.6 Å². The highest BCUT2D eigenvalue weighted by Crippen LogP contribution is 2.36. The largest absolute Gasteiger partial charge is 0.397 e. The van der Waals surface area contributed by atoms with Crippen molar-refractivity contribution < 1.29 is 4.74 Å². The number of piperidine rings is 1. The fourth-order valence-corrected chi connectivity index (χ4v) is 4.52. The zero-order valence-corrected chi connectivity index (χ0v) is 15.5. The normalized spacial score (nSPS) is 24.7. The zero-order valence-electron chi connectivity index (χ0n) is 14.8. The third-order valence-corrected chi connectivity index (χ3v) is 6.16. The maximum absolute atomic E-state index is 6.18. The molecule has 1 atom stereocenters. The van der Waals surface area contributed by atoms with Crippen LogP contribution in [-0.4, -0.2) is 50.3 Å². The van der Waals surface area contributed by atoms with Gasteiger partial charge in [-0.2, -0.15) is 0 Å². The van der Waals surface area contributed by atoms with Gasteiger partial charge >= 0.3 is 0 Å². The molecule has 3 aliphatic rings. The van der Waals surface area contributed by atoms with Crippen molar-refractivity contribution in [3.63, 3.8) is 0 Å². The van der Waals surface area contributed by atoms with Crippen LogP contribution in [0.5, 0.6) is 0 Å². The van der Waals surface area contributed by atoms with E-state index in [9.17, 15) is 0 Å². The van der Waals surface area contributed by atoms with E-state index in [0.29, 0.717) is 16.8 Å². The summed E-state index contributed by atoms with van der Waals surface area (Å²) in [7, 11) is 0. The Kier molecular flexibility index (Phi) is 5.20. The Hall–Kier alpha value is -1.23. The van der Waals surface area contributed by atoms with E-state index in [-0.39, 0.29) is 0 Å². The van der Waals surface area contributed by atoms with Crippen molar-refractivity contribution in [1.82, 2.24) is 4.90 Å². The van der Waals surface area contributed by atoms with Crippen molar-refractivity contribution in [3.8, 4) is 0 Å². The number of hydrogen-bond acceptors (Lipinski definition) is 4. The topological polar surface area (TPSA) is 41.7 Å². The van der Waals surface area contributed by atoms with Crippen molar-refractivity contribution in [2.75, 3.05) is 50.0 Å². The molecule has 4 nitrogen and oxygen atoms in total. The molecular formula is C20H28ClN3O. The van der Waals surface area contributed by atoms with Crippen LogP contribution in [0.3, 0.4) is 0 Å². The highest BCUT2D eigenvalue weighted by atomic mass is 35.5. The molecule has 136 valence electrons. The Morgan fingerprint density at radius 2 is 2.00 bits per heavy atom. The molecule has 0 spiro atoms. The molecule has 0 aromatic heterocycles. The number of hydrogen-bond donors (Lipinski definition) is 1. The fraction of sp³-hybridized carbons (Fsp3) is 0.600. The number of halogens is 1. The molecule has 1 aromatic carbocycles. The van der Waals surface area contributed by atoms with Gasteiger partial charge in [0.2, 0.25) is 0 Å².